The van der Waals surface area contributed by atoms with E-state index in [1.54, 1.807) is 12.1 Å². The summed E-state index contributed by atoms with van der Waals surface area (Å²) in [6, 6.07) is 7.13. The van der Waals surface area contributed by atoms with Crippen molar-refractivity contribution in [2.24, 2.45) is 0 Å². The van der Waals surface area contributed by atoms with E-state index in [0.717, 1.165) is 18.5 Å². The third-order valence-electron chi connectivity index (χ3n) is 2.95. The molecule has 0 radical (unpaired) electrons. The molecule has 98 valence electrons. The number of unbranched alkanes of at least 4 members (excludes halogenated alkanes) is 2. The highest BCUT2D eigenvalue weighted by molar-refractivity contribution is 5.85. The van der Waals surface area contributed by atoms with Crippen LogP contribution in [0.25, 0.3) is 0 Å². The molecule has 1 atom stereocenters. The lowest BCUT2D eigenvalue weighted by Crippen LogP contribution is -2.18. The molecule has 1 N–H and O–H groups in total. The maximum Gasteiger partial charge on any atom is 0.126 e. The number of rotatable bonds is 7. The molecule has 0 aromatic heterocycles. The number of nitrogens with one attached hydrogen (secondary N) is 1. The fourth-order valence-corrected chi connectivity index (χ4v) is 2.06. The minimum absolute atomic E-state index is 0. The van der Waals surface area contributed by atoms with Gasteiger partial charge >= 0.3 is 0 Å². The van der Waals surface area contributed by atoms with Crippen LogP contribution < -0.4 is 5.32 Å². The minimum Gasteiger partial charge on any atom is -0.319 e. The van der Waals surface area contributed by atoms with Gasteiger partial charge in [-0.3, -0.25) is 0 Å². The Hall–Kier alpha value is -0.600. The molecule has 0 aliphatic carbocycles. The van der Waals surface area contributed by atoms with Crippen LogP contribution in [-0.2, 0) is 0 Å². The number of hydrogen-bond acceptors (Lipinski definition) is 1. The van der Waals surface area contributed by atoms with Crippen LogP contribution in [0.1, 0.15) is 44.1 Å². The number of benzene rings is 1. The highest BCUT2D eigenvalue weighted by Gasteiger charge is 2.13. The molecule has 1 rings (SSSR count). The van der Waals surface area contributed by atoms with Crippen molar-refractivity contribution in [3.8, 4) is 0 Å². The number of likely N-dealkylation sites (N-methyl/N-ethyl adjacent to an activating group) is 1. The first-order valence-corrected chi connectivity index (χ1v) is 6.18. The van der Waals surface area contributed by atoms with E-state index in [9.17, 15) is 4.39 Å². The smallest absolute Gasteiger partial charge is 0.126 e. The van der Waals surface area contributed by atoms with Crippen molar-refractivity contribution >= 4 is 12.4 Å². The van der Waals surface area contributed by atoms with Crippen molar-refractivity contribution < 1.29 is 4.39 Å². The molecule has 0 aliphatic rings. The molecule has 0 saturated heterocycles. The first kappa shape index (κ1) is 16.4. The van der Waals surface area contributed by atoms with Gasteiger partial charge in [-0.05, 0) is 31.0 Å². The Morgan fingerprint density at radius 2 is 1.94 bits per heavy atom. The van der Waals surface area contributed by atoms with Gasteiger partial charge in [0, 0.05) is 6.54 Å². The van der Waals surface area contributed by atoms with Crippen molar-refractivity contribution in [1.29, 1.82) is 0 Å². The monoisotopic (exact) mass is 259 g/mol. The van der Waals surface area contributed by atoms with E-state index in [1.807, 2.05) is 19.2 Å². The second kappa shape index (κ2) is 9.43. The molecule has 0 bridgehead atoms. The third kappa shape index (κ3) is 5.51. The van der Waals surface area contributed by atoms with Gasteiger partial charge in [0.05, 0.1) is 0 Å². The van der Waals surface area contributed by atoms with E-state index in [1.165, 1.54) is 19.3 Å². The highest BCUT2D eigenvalue weighted by Crippen LogP contribution is 2.24. The summed E-state index contributed by atoms with van der Waals surface area (Å²) in [4.78, 5) is 0. The van der Waals surface area contributed by atoms with E-state index < -0.39 is 0 Å². The van der Waals surface area contributed by atoms with Crippen molar-refractivity contribution in [3.05, 3.63) is 35.6 Å². The summed E-state index contributed by atoms with van der Waals surface area (Å²) in [7, 11) is 1.92. The predicted octanol–water partition coefficient (Wildman–Crippen LogP) is 4.13. The van der Waals surface area contributed by atoms with Crippen molar-refractivity contribution in [2.45, 2.75) is 38.5 Å². The van der Waals surface area contributed by atoms with E-state index in [4.69, 9.17) is 0 Å². The fraction of sp³-hybridized carbons (Fsp3) is 0.571. The molecule has 17 heavy (non-hydrogen) atoms. The second-order valence-electron chi connectivity index (χ2n) is 4.27. The van der Waals surface area contributed by atoms with Crippen LogP contribution in [0.3, 0.4) is 0 Å². The first-order valence-electron chi connectivity index (χ1n) is 6.18. The zero-order chi connectivity index (χ0) is 11.8. The first-order chi connectivity index (χ1) is 7.79. The van der Waals surface area contributed by atoms with E-state index in [2.05, 4.69) is 12.2 Å². The van der Waals surface area contributed by atoms with E-state index in [0.29, 0.717) is 5.92 Å². The fourth-order valence-electron chi connectivity index (χ4n) is 2.06. The van der Waals surface area contributed by atoms with Gasteiger partial charge in [-0.1, -0.05) is 44.4 Å². The zero-order valence-corrected chi connectivity index (χ0v) is 11.5. The molecular formula is C14H23ClFN. The molecule has 0 fully saturated rings. The molecular weight excluding hydrogens is 237 g/mol. The lowest BCUT2D eigenvalue weighted by atomic mass is 9.92. The largest absolute Gasteiger partial charge is 0.319 e. The SMILES string of the molecule is CCCCCC(CNC)c1ccccc1F.Cl. The van der Waals surface area contributed by atoms with Crippen LogP contribution >= 0.6 is 12.4 Å². The normalized spacial score (nSPS) is 11.9. The Morgan fingerprint density at radius 3 is 2.53 bits per heavy atom. The molecule has 0 amide bonds. The van der Waals surface area contributed by atoms with Gasteiger partial charge in [0.1, 0.15) is 5.82 Å². The summed E-state index contributed by atoms with van der Waals surface area (Å²) in [5.74, 6) is 0.233. The Kier molecular flexibility index (Phi) is 9.10. The van der Waals surface area contributed by atoms with E-state index >= 15 is 0 Å². The molecule has 3 heteroatoms. The maximum atomic E-state index is 13.6. The minimum atomic E-state index is -0.0701. The molecule has 0 heterocycles. The van der Waals surface area contributed by atoms with Gasteiger partial charge in [0.2, 0.25) is 0 Å². The van der Waals surface area contributed by atoms with Crippen molar-refractivity contribution in [2.75, 3.05) is 13.6 Å². The summed E-state index contributed by atoms with van der Waals surface area (Å²) in [5.41, 5.74) is 0.855. The average molecular weight is 260 g/mol. The van der Waals surface area contributed by atoms with Gasteiger partial charge in [0.25, 0.3) is 0 Å². The number of halogens is 2. The Morgan fingerprint density at radius 1 is 1.24 bits per heavy atom. The van der Waals surface area contributed by atoms with Crippen LogP contribution in [0, 0.1) is 5.82 Å². The summed E-state index contributed by atoms with van der Waals surface area (Å²) < 4.78 is 13.6. The standard InChI is InChI=1S/C14H22FN.ClH/c1-3-4-5-8-12(11-16-2)13-9-6-7-10-14(13)15;/h6-7,9-10,12,16H,3-5,8,11H2,1-2H3;1H. The van der Waals surface area contributed by atoms with Gasteiger partial charge in [-0.25, -0.2) is 4.39 Å². The Bertz CT molecular complexity index is 304. The molecule has 1 unspecified atom stereocenters. The van der Waals surface area contributed by atoms with Gasteiger partial charge in [-0.15, -0.1) is 12.4 Å². The quantitative estimate of drug-likeness (QED) is 0.726. The molecule has 0 saturated carbocycles. The summed E-state index contributed by atoms with van der Waals surface area (Å²) in [5, 5.41) is 3.15. The Balaban J connectivity index is 0.00000256. The van der Waals surface area contributed by atoms with Crippen molar-refractivity contribution in [1.82, 2.24) is 5.32 Å². The third-order valence-corrected chi connectivity index (χ3v) is 2.95. The maximum absolute atomic E-state index is 13.6. The van der Waals surface area contributed by atoms with Crippen molar-refractivity contribution in [3.63, 3.8) is 0 Å². The zero-order valence-electron chi connectivity index (χ0n) is 10.7. The highest BCUT2D eigenvalue weighted by atomic mass is 35.5. The van der Waals surface area contributed by atoms with Crippen LogP contribution in [0.4, 0.5) is 4.39 Å². The molecule has 0 spiro atoms. The topological polar surface area (TPSA) is 12.0 Å². The number of hydrogen-bond donors (Lipinski definition) is 1. The van der Waals surface area contributed by atoms with Crippen LogP contribution in [0.15, 0.2) is 24.3 Å². The predicted molar refractivity (Wildman–Crippen MR) is 74.5 cm³/mol. The summed E-state index contributed by atoms with van der Waals surface area (Å²) in [6.45, 7) is 3.04. The van der Waals surface area contributed by atoms with Crippen LogP contribution in [-0.4, -0.2) is 13.6 Å². The van der Waals surface area contributed by atoms with Gasteiger partial charge in [-0.2, -0.15) is 0 Å². The van der Waals surface area contributed by atoms with Gasteiger partial charge < -0.3 is 5.32 Å². The molecule has 0 aliphatic heterocycles. The molecule has 1 nitrogen and oxygen atoms in total. The lowest BCUT2D eigenvalue weighted by Gasteiger charge is -2.17. The Labute approximate surface area is 110 Å². The lowest BCUT2D eigenvalue weighted by molar-refractivity contribution is 0.511. The van der Waals surface area contributed by atoms with Crippen LogP contribution in [0.2, 0.25) is 0 Å². The summed E-state index contributed by atoms with van der Waals surface area (Å²) >= 11 is 0. The molecule has 1 aromatic carbocycles. The summed E-state index contributed by atoms with van der Waals surface area (Å²) in [6.07, 6.45) is 4.69. The average Bonchev–Trinajstić information content (AvgIpc) is 2.29. The molecule has 1 aromatic rings. The second-order valence-corrected chi connectivity index (χ2v) is 4.27. The van der Waals surface area contributed by atoms with Gasteiger partial charge in [0.15, 0.2) is 0 Å². The van der Waals surface area contributed by atoms with E-state index in [-0.39, 0.29) is 18.2 Å². The van der Waals surface area contributed by atoms with Crippen LogP contribution in [0.5, 0.6) is 0 Å².